The minimum Gasteiger partial charge on any atom is -0.497 e. The SMILES string of the molecule is C=CCCCCC[C@H](Nc1ccccc1)C(=O)N1C[C@H](Oc2cc(-c3ccccc3)nc3cc(OC)ccc23)C[C@H]1C(=O)N[C@]1(C(=O)NS(=O)(=O)C2CC2)C[C@H]1C=C. The molecule has 58 heavy (non-hydrogen) atoms. The zero-order valence-corrected chi connectivity index (χ0v) is 33.6. The van der Waals surface area contributed by atoms with Crippen molar-refractivity contribution in [3.05, 3.63) is 110 Å². The summed E-state index contributed by atoms with van der Waals surface area (Å²) in [5.74, 6) is -0.964. The number of sulfonamides is 1. The quantitative estimate of drug-likeness (QED) is 0.0707. The van der Waals surface area contributed by atoms with Crippen LogP contribution < -0.4 is 24.8 Å². The number of para-hydroxylation sites is 1. The third-order valence-corrected chi connectivity index (χ3v) is 13.1. The van der Waals surface area contributed by atoms with E-state index in [-0.39, 0.29) is 25.3 Å². The van der Waals surface area contributed by atoms with Crippen LogP contribution in [0.4, 0.5) is 5.69 Å². The van der Waals surface area contributed by atoms with Crippen LogP contribution in [0.3, 0.4) is 0 Å². The van der Waals surface area contributed by atoms with Crippen LogP contribution in [0.15, 0.2) is 110 Å². The van der Waals surface area contributed by atoms with Crippen molar-refractivity contribution in [1.29, 1.82) is 0 Å². The molecule has 0 bridgehead atoms. The third-order valence-electron chi connectivity index (χ3n) is 11.3. The van der Waals surface area contributed by atoms with E-state index in [1.54, 1.807) is 18.1 Å². The van der Waals surface area contributed by atoms with Crippen molar-refractivity contribution < 1.29 is 32.3 Å². The van der Waals surface area contributed by atoms with Gasteiger partial charge in [-0.15, -0.1) is 13.2 Å². The van der Waals surface area contributed by atoms with Crippen LogP contribution in [0.2, 0.25) is 0 Å². The number of unbranched alkanes of at least 4 members (excludes halogenated alkanes) is 3. The monoisotopic (exact) mass is 805 g/mol. The molecule has 5 atom stereocenters. The number of nitrogens with one attached hydrogen (secondary N) is 3. The number of hydrogen-bond acceptors (Lipinski definition) is 9. The highest BCUT2D eigenvalue weighted by molar-refractivity contribution is 7.91. The number of pyridine rings is 1. The molecule has 2 saturated carbocycles. The summed E-state index contributed by atoms with van der Waals surface area (Å²) in [7, 11) is -2.29. The number of rotatable bonds is 19. The summed E-state index contributed by atoms with van der Waals surface area (Å²) in [5.41, 5.74) is 1.48. The van der Waals surface area contributed by atoms with Crippen LogP contribution in [0.1, 0.15) is 57.8 Å². The summed E-state index contributed by atoms with van der Waals surface area (Å²) in [5, 5.41) is 6.43. The fraction of sp³-hybridized carbons (Fsp3) is 0.378. The molecule has 1 saturated heterocycles. The van der Waals surface area contributed by atoms with E-state index in [0.29, 0.717) is 42.0 Å². The normalized spacial score (nSPS) is 21.7. The second-order valence-electron chi connectivity index (χ2n) is 15.4. The van der Waals surface area contributed by atoms with Gasteiger partial charge in [0.2, 0.25) is 21.8 Å². The zero-order valence-electron chi connectivity index (χ0n) is 32.8. The van der Waals surface area contributed by atoms with Gasteiger partial charge < -0.3 is 25.0 Å². The molecule has 3 aromatic carbocycles. The number of carbonyl (C=O) groups is 3. The lowest BCUT2D eigenvalue weighted by atomic mass is 10.0. The molecule has 3 N–H and O–H groups in total. The van der Waals surface area contributed by atoms with Crippen LogP contribution in [-0.4, -0.2) is 78.7 Å². The molecule has 3 aliphatic rings. The number of benzene rings is 3. The number of fused-ring (bicyclic) bond motifs is 1. The molecule has 4 aromatic rings. The Kier molecular flexibility index (Phi) is 12.2. The molecule has 0 radical (unpaired) electrons. The van der Waals surface area contributed by atoms with Gasteiger partial charge in [0.05, 0.1) is 30.1 Å². The number of ether oxygens (including phenoxy) is 2. The van der Waals surface area contributed by atoms with Crippen molar-refractivity contribution >= 4 is 44.3 Å². The van der Waals surface area contributed by atoms with E-state index in [2.05, 4.69) is 28.5 Å². The lowest BCUT2D eigenvalue weighted by molar-refractivity contribution is -0.140. The Hall–Kier alpha value is -5.69. The number of aromatic nitrogens is 1. The summed E-state index contributed by atoms with van der Waals surface area (Å²) < 4.78 is 40.2. The van der Waals surface area contributed by atoms with Crippen molar-refractivity contribution in [3.8, 4) is 22.8 Å². The Morgan fingerprint density at radius 1 is 0.983 bits per heavy atom. The van der Waals surface area contributed by atoms with Gasteiger partial charge in [-0.2, -0.15) is 0 Å². The van der Waals surface area contributed by atoms with Crippen molar-refractivity contribution in [2.75, 3.05) is 19.0 Å². The third kappa shape index (κ3) is 9.04. The largest absolute Gasteiger partial charge is 0.497 e. The highest BCUT2D eigenvalue weighted by Crippen LogP contribution is 2.46. The van der Waals surface area contributed by atoms with E-state index < -0.39 is 56.7 Å². The van der Waals surface area contributed by atoms with E-state index in [4.69, 9.17) is 14.5 Å². The molecule has 2 heterocycles. The number of anilines is 1. The maximum absolute atomic E-state index is 14.8. The van der Waals surface area contributed by atoms with Gasteiger partial charge in [-0.3, -0.25) is 19.1 Å². The van der Waals surface area contributed by atoms with E-state index in [1.807, 2.05) is 91.0 Å². The molecule has 0 unspecified atom stereocenters. The number of methoxy groups -OCH3 is 1. The van der Waals surface area contributed by atoms with Crippen molar-refractivity contribution in [2.45, 2.75) is 86.8 Å². The zero-order chi connectivity index (χ0) is 40.9. The maximum Gasteiger partial charge on any atom is 0.259 e. The van der Waals surface area contributed by atoms with E-state index >= 15 is 0 Å². The molecule has 0 spiro atoms. The second-order valence-corrected chi connectivity index (χ2v) is 17.4. The fourth-order valence-electron chi connectivity index (χ4n) is 7.74. The molecule has 12 nitrogen and oxygen atoms in total. The van der Waals surface area contributed by atoms with Crippen LogP contribution in [0.25, 0.3) is 22.2 Å². The molecule has 7 rings (SSSR count). The summed E-state index contributed by atoms with van der Waals surface area (Å²) in [6, 6.07) is 24.9. The second kappa shape index (κ2) is 17.4. The fourth-order valence-corrected chi connectivity index (χ4v) is 9.10. The Bertz CT molecular complexity index is 2270. The summed E-state index contributed by atoms with van der Waals surface area (Å²) >= 11 is 0. The number of nitrogens with zero attached hydrogens (tertiary/aromatic N) is 2. The first-order chi connectivity index (χ1) is 28.0. The number of amides is 3. The highest BCUT2D eigenvalue weighted by atomic mass is 32.2. The van der Waals surface area contributed by atoms with Crippen molar-refractivity contribution in [3.63, 3.8) is 0 Å². The van der Waals surface area contributed by atoms with Gasteiger partial charge in [-0.25, -0.2) is 13.4 Å². The van der Waals surface area contributed by atoms with Crippen LogP contribution >= 0.6 is 0 Å². The minimum atomic E-state index is -3.88. The number of hydrogen-bond donors (Lipinski definition) is 3. The molecular weight excluding hydrogens is 755 g/mol. The van der Waals surface area contributed by atoms with Gasteiger partial charge in [-0.1, -0.05) is 73.5 Å². The molecule has 3 amide bonds. The molecular formula is C45H51N5O7S. The molecule has 3 fully saturated rings. The predicted molar refractivity (Wildman–Crippen MR) is 225 cm³/mol. The first-order valence-electron chi connectivity index (χ1n) is 20.0. The van der Waals surface area contributed by atoms with Gasteiger partial charge in [0, 0.05) is 41.1 Å². The first kappa shape index (κ1) is 40.5. The Labute approximate surface area is 340 Å². The molecule has 1 aliphatic heterocycles. The van der Waals surface area contributed by atoms with Crippen molar-refractivity contribution in [1.82, 2.24) is 19.9 Å². The number of likely N-dealkylation sites (tertiary alicyclic amines) is 1. The number of allylic oxidation sites excluding steroid dienone is 1. The first-order valence-corrected chi connectivity index (χ1v) is 21.5. The van der Waals surface area contributed by atoms with Gasteiger partial charge in [0.15, 0.2) is 0 Å². The lowest BCUT2D eigenvalue weighted by Crippen LogP contribution is -2.57. The predicted octanol–water partition coefficient (Wildman–Crippen LogP) is 6.55. The van der Waals surface area contributed by atoms with Crippen LogP contribution in [-0.2, 0) is 24.4 Å². The lowest BCUT2D eigenvalue weighted by Gasteiger charge is -2.30. The summed E-state index contributed by atoms with van der Waals surface area (Å²) in [6.45, 7) is 7.74. The topological polar surface area (TPSA) is 156 Å². The van der Waals surface area contributed by atoms with E-state index in [0.717, 1.165) is 42.3 Å². The number of carbonyl (C=O) groups excluding carboxylic acids is 3. The molecule has 13 heteroatoms. The maximum atomic E-state index is 14.8. The molecule has 2 aliphatic carbocycles. The van der Waals surface area contributed by atoms with Gasteiger partial charge >= 0.3 is 0 Å². The molecule has 1 aromatic heterocycles. The smallest absolute Gasteiger partial charge is 0.259 e. The Morgan fingerprint density at radius 3 is 2.40 bits per heavy atom. The Morgan fingerprint density at radius 2 is 1.72 bits per heavy atom. The Balaban J connectivity index is 1.20. The van der Waals surface area contributed by atoms with Crippen LogP contribution in [0.5, 0.6) is 11.5 Å². The summed E-state index contributed by atoms with van der Waals surface area (Å²) in [4.78, 5) is 49.5. The highest BCUT2D eigenvalue weighted by Gasteiger charge is 2.62. The summed E-state index contributed by atoms with van der Waals surface area (Å²) in [6.07, 6.45) is 8.07. The van der Waals surface area contributed by atoms with E-state index in [1.165, 1.54) is 0 Å². The van der Waals surface area contributed by atoms with Gasteiger partial charge in [0.25, 0.3) is 5.91 Å². The average Bonchev–Trinajstić information content (AvgIpc) is 4.17. The van der Waals surface area contributed by atoms with Gasteiger partial charge in [0.1, 0.15) is 35.2 Å². The van der Waals surface area contributed by atoms with E-state index in [9.17, 15) is 22.8 Å². The minimum absolute atomic E-state index is 0.0845. The van der Waals surface area contributed by atoms with Crippen LogP contribution in [0, 0.1) is 5.92 Å². The van der Waals surface area contributed by atoms with Gasteiger partial charge in [-0.05, 0) is 62.8 Å². The van der Waals surface area contributed by atoms with Crippen molar-refractivity contribution in [2.24, 2.45) is 5.92 Å². The molecule has 304 valence electrons. The standard InChI is InChI=1S/C45H51N5O7S/c1-4-6-7-8-15-20-37(46-32-18-13-10-14-19-32)43(52)50-29-34(26-40(50)42(51)48-45(28-31(45)5-2)44(53)49-58(54,55)35-22-23-35)57-41-27-38(30-16-11-9-12-17-30)47-39-25-33(56-3)21-24-36(39)41/h4-5,9-14,16-19,21,24-25,27,31,34-35,37,40,46H,1-2,6-8,15,20,22-23,26,28-29H2,3H3,(H,48,51)(H,49,53)/t31-,34-,37+,40+,45-/m1/s1. The average molecular weight is 806 g/mol.